The molecule has 3 rings (SSSR count). The third-order valence-electron chi connectivity index (χ3n) is 3.77. The largest absolute Gasteiger partial charge is 0.451 e. The lowest BCUT2D eigenvalue weighted by molar-refractivity contribution is 0.0528. The minimum atomic E-state index is -0.885. The van der Waals surface area contributed by atoms with Crippen LogP contribution in [0.4, 0.5) is 4.79 Å². The number of halogens is 1. The van der Waals surface area contributed by atoms with E-state index < -0.39 is 17.5 Å². The van der Waals surface area contributed by atoms with Crippen molar-refractivity contribution < 1.29 is 14.1 Å². The Balaban J connectivity index is 2.11. The van der Waals surface area contributed by atoms with Gasteiger partial charge in [0.15, 0.2) is 5.82 Å². The predicted octanol–water partition coefficient (Wildman–Crippen LogP) is 4.85. The number of aromatic nitrogens is 2. The summed E-state index contributed by atoms with van der Waals surface area (Å²) in [4.78, 5) is 24.6. The number of rotatable bonds is 3. The molecule has 0 aliphatic carbocycles. The zero-order chi connectivity index (χ0) is 19.6. The molecule has 0 unspecified atom stereocenters. The summed E-state index contributed by atoms with van der Waals surface area (Å²) in [5, 5.41) is 4.58. The van der Waals surface area contributed by atoms with E-state index in [1.807, 2.05) is 42.5 Å². The van der Waals surface area contributed by atoms with Gasteiger partial charge < -0.3 is 4.74 Å². The number of alkyl halides is 1. The van der Waals surface area contributed by atoms with Gasteiger partial charge in [0.1, 0.15) is 5.60 Å². The van der Waals surface area contributed by atoms with Crippen LogP contribution in [-0.2, 0) is 10.1 Å². The Morgan fingerprint density at radius 2 is 1.74 bits per heavy atom. The first kappa shape index (κ1) is 19.1. The van der Waals surface area contributed by atoms with Crippen LogP contribution in [0.3, 0.4) is 0 Å². The molecule has 27 heavy (non-hydrogen) atoms. The molecule has 0 saturated carbocycles. The zero-order valence-electron chi connectivity index (χ0n) is 15.2. The van der Waals surface area contributed by atoms with E-state index in [0.717, 1.165) is 26.6 Å². The maximum atomic E-state index is 12.5. The van der Waals surface area contributed by atoms with Crippen molar-refractivity contribution in [3.8, 4) is 22.5 Å². The standard InChI is InChI=1S/C20H19BrN2O4/c1-20(2,3)26-18(24)23-17(22-27-19(23)25)16-7-5-4-6-15(16)14-10-8-13(12-21)9-11-14/h4-11H,12H2,1-3H3. The van der Waals surface area contributed by atoms with Gasteiger partial charge in [0, 0.05) is 10.9 Å². The number of benzene rings is 2. The normalized spacial score (nSPS) is 11.4. The Labute approximate surface area is 164 Å². The monoisotopic (exact) mass is 430 g/mol. The van der Waals surface area contributed by atoms with Gasteiger partial charge in [-0.05, 0) is 37.5 Å². The zero-order valence-corrected chi connectivity index (χ0v) is 16.8. The van der Waals surface area contributed by atoms with Crippen molar-refractivity contribution in [2.45, 2.75) is 31.7 Å². The molecule has 0 aliphatic rings. The predicted molar refractivity (Wildman–Crippen MR) is 106 cm³/mol. The van der Waals surface area contributed by atoms with Gasteiger partial charge in [-0.15, -0.1) is 0 Å². The Hall–Kier alpha value is -2.67. The Morgan fingerprint density at radius 3 is 2.33 bits per heavy atom. The van der Waals surface area contributed by atoms with Gasteiger partial charge >= 0.3 is 11.8 Å². The highest BCUT2D eigenvalue weighted by atomic mass is 79.9. The van der Waals surface area contributed by atoms with Crippen LogP contribution < -0.4 is 5.76 Å². The summed E-state index contributed by atoms with van der Waals surface area (Å²) in [7, 11) is 0. The van der Waals surface area contributed by atoms with Crippen molar-refractivity contribution in [2.24, 2.45) is 0 Å². The van der Waals surface area contributed by atoms with Crippen molar-refractivity contribution in [1.29, 1.82) is 0 Å². The Bertz CT molecular complexity index is 1010. The van der Waals surface area contributed by atoms with Gasteiger partial charge in [-0.1, -0.05) is 69.6 Å². The number of carbonyl (C=O) groups excluding carboxylic acids is 1. The number of carbonyl (C=O) groups is 1. The van der Waals surface area contributed by atoms with E-state index in [1.165, 1.54) is 0 Å². The van der Waals surface area contributed by atoms with Gasteiger partial charge in [-0.25, -0.2) is 9.59 Å². The van der Waals surface area contributed by atoms with E-state index in [1.54, 1.807) is 26.8 Å². The summed E-state index contributed by atoms with van der Waals surface area (Å²) in [5.74, 6) is -0.780. The second-order valence-electron chi connectivity index (χ2n) is 6.96. The quantitative estimate of drug-likeness (QED) is 0.555. The SMILES string of the molecule is CC(C)(C)OC(=O)n1c(-c2ccccc2-c2ccc(CBr)cc2)noc1=O. The first-order chi connectivity index (χ1) is 12.8. The molecule has 0 saturated heterocycles. The average Bonchev–Trinajstić information content (AvgIpc) is 3.02. The Kier molecular flexibility index (Phi) is 5.32. The fraction of sp³-hybridized carbons (Fsp3) is 0.250. The lowest BCUT2D eigenvalue weighted by Crippen LogP contribution is -2.32. The molecule has 7 heteroatoms. The van der Waals surface area contributed by atoms with Gasteiger partial charge in [-0.2, -0.15) is 4.57 Å². The molecule has 0 aliphatic heterocycles. The molecule has 6 nitrogen and oxygen atoms in total. The summed E-state index contributed by atoms with van der Waals surface area (Å²) in [5.41, 5.74) is 2.74. The van der Waals surface area contributed by atoms with Crippen molar-refractivity contribution in [2.75, 3.05) is 0 Å². The van der Waals surface area contributed by atoms with Crippen LogP contribution in [0.15, 0.2) is 57.8 Å². The second-order valence-corrected chi connectivity index (χ2v) is 7.52. The van der Waals surface area contributed by atoms with Crippen LogP contribution in [-0.4, -0.2) is 21.4 Å². The molecule has 140 valence electrons. The van der Waals surface area contributed by atoms with Crippen molar-refractivity contribution in [1.82, 2.24) is 9.72 Å². The highest BCUT2D eigenvalue weighted by molar-refractivity contribution is 9.08. The van der Waals surface area contributed by atoms with Crippen molar-refractivity contribution in [3.63, 3.8) is 0 Å². The molecule has 3 aromatic rings. The first-order valence-corrected chi connectivity index (χ1v) is 9.49. The maximum Gasteiger partial charge on any atom is 0.451 e. The van der Waals surface area contributed by atoms with E-state index in [2.05, 4.69) is 21.1 Å². The molecule has 2 aromatic carbocycles. The van der Waals surface area contributed by atoms with Crippen LogP contribution in [0, 0.1) is 0 Å². The molecule has 1 aromatic heterocycles. The second kappa shape index (κ2) is 7.52. The van der Waals surface area contributed by atoms with E-state index in [-0.39, 0.29) is 5.82 Å². The molecular weight excluding hydrogens is 412 g/mol. The molecule has 0 spiro atoms. The molecule has 0 radical (unpaired) electrons. The molecule has 0 bridgehead atoms. The number of hydrogen-bond donors (Lipinski definition) is 0. The van der Waals surface area contributed by atoms with Gasteiger partial charge in [0.2, 0.25) is 0 Å². The molecule has 0 fully saturated rings. The number of ether oxygens (including phenoxy) is 1. The minimum absolute atomic E-state index is 0.106. The maximum absolute atomic E-state index is 12.5. The fourth-order valence-electron chi connectivity index (χ4n) is 2.59. The first-order valence-electron chi connectivity index (χ1n) is 8.37. The highest BCUT2D eigenvalue weighted by Gasteiger charge is 2.26. The fourth-order valence-corrected chi connectivity index (χ4v) is 2.97. The van der Waals surface area contributed by atoms with Gasteiger partial charge in [0.25, 0.3) is 0 Å². The molecule has 0 atom stereocenters. The number of hydrogen-bond acceptors (Lipinski definition) is 5. The minimum Gasteiger partial charge on any atom is -0.443 e. The summed E-state index contributed by atoms with van der Waals surface area (Å²) in [6.45, 7) is 5.17. The summed E-state index contributed by atoms with van der Waals surface area (Å²) < 4.78 is 10.9. The molecule has 1 heterocycles. The van der Waals surface area contributed by atoms with Crippen molar-refractivity contribution >= 4 is 22.0 Å². The van der Waals surface area contributed by atoms with Gasteiger partial charge in [0.05, 0.1) is 0 Å². The molecular formula is C20H19BrN2O4. The topological polar surface area (TPSA) is 74.3 Å². The summed E-state index contributed by atoms with van der Waals surface area (Å²) in [6, 6.07) is 15.3. The summed E-state index contributed by atoms with van der Waals surface area (Å²) >= 11 is 3.43. The molecule has 0 amide bonds. The van der Waals surface area contributed by atoms with E-state index in [9.17, 15) is 9.59 Å². The van der Waals surface area contributed by atoms with E-state index in [0.29, 0.717) is 5.56 Å². The third-order valence-corrected chi connectivity index (χ3v) is 4.42. The number of nitrogens with zero attached hydrogens (tertiary/aromatic N) is 2. The third kappa shape index (κ3) is 4.19. The van der Waals surface area contributed by atoms with Crippen LogP contribution in [0.2, 0.25) is 0 Å². The van der Waals surface area contributed by atoms with Crippen LogP contribution >= 0.6 is 15.9 Å². The van der Waals surface area contributed by atoms with Crippen LogP contribution in [0.25, 0.3) is 22.5 Å². The van der Waals surface area contributed by atoms with E-state index >= 15 is 0 Å². The molecule has 0 N–H and O–H groups in total. The van der Waals surface area contributed by atoms with Crippen LogP contribution in [0.5, 0.6) is 0 Å². The highest BCUT2D eigenvalue weighted by Crippen LogP contribution is 2.31. The summed E-state index contributed by atoms with van der Waals surface area (Å²) in [6.07, 6.45) is -0.826. The lowest BCUT2D eigenvalue weighted by atomic mass is 9.98. The smallest absolute Gasteiger partial charge is 0.443 e. The Morgan fingerprint density at radius 1 is 1.11 bits per heavy atom. The van der Waals surface area contributed by atoms with E-state index in [4.69, 9.17) is 9.26 Å². The van der Waals surface area contributed by atoms with Crippen molar-refractivity contribution in [3.05, 3.63) is 64.6 Å². The lowest BCUT2D eigenvalue weighted by Gasteiger charge is -2.19. The van der Waals surface area contributed by atoms with Gasteiger partial charge in [-0.3, -0.25) is 4.52 Å². The van der Waals surface area contributed by atoms with Crippen LogP contribution in [0.1, 0.15) is 26.3 Å². The average molecular weight is 431 g/mol.